The van der Waals surface area contributed by atoms with Crippen molar-refractivity contribution in [2.24, 2.45) is 5.73 Å². The summed E-state index contributed by atoms with van der Waals surface area (Å²) in [4.78, 5) is 0. The van der Waals surface area contributed by atoms with Gasteiger partial charge in [0.05, 0.1) is 12.4 Å². The lowest BCUT2D eigenvalue weighted by Gasteiger charge is -2.18. The highest BCUT2D eigenvalue weighted by Gasteiger charge is 2.14. The molecule has 0 spiro atoms. The molecule has 2 unspecified atom stereocenters. The van der Waals surface area contributed by atoms with Gasteiger partial charge in [-0.05, 0) is 48.7 Å². The molecule has 0 saturated heterocycles. The predicted molar refractivity (Wildman–Crippen MR) is 99.1 cm³/mol. The molecule has 0 aromatic heterocycles. The molecule has 25 heavy (non-hydrogen) atoms. The maximum atomic E-state index is 11.2. The lowest BCUT2D eigenvalue weighted by atomic mass is 10.0. The third-order valence-corrected chi connectivity index (χ3v) is 4.21. The first-order valence-corrected chi connectivity index (χ1v) is 9.83. The molecule has 0 amide bonds. The van der Waals surface area contributed by atoms with Crippen molar-refractivity contribution in [3.05, 3.63) is 59.7 Å². The number of anilines is 1. The van der Waals surface area contributed by atoms with Crippen LogP contribution in [0.3, 0.4) is 0 Å². The Kier molecular flexibility index (Phi) is 6.41. The van der Waals surface area contributed by atoms with E-state index in [1.807, 2.05) is 31.2 Å². The summed E-state index contributed by atoms with van der Waals surface area (Å²) >= 11 is 0. The number of ether oxygens (including phenoxy) is 1. The van der Waals surface area contributed by atoms with Crippen LogP contribution in [0.2, 0.25) is 0 Å². The van der Waals surface area contributed by atoms with Crippen LogP contribution in [0, 0.1) is 6.92 Å². The van der Waals surface area contributed by atoms with Gasteiger partial charge in [-0.2, -0.15) is 0 Å². The zero-order chi connectivity index (χ0) is 18.4. The van der Waals surface area contributed by atoms with E-state index in [4.69, 9.17) is 10.5 Å². The zero-order valence-corrected chi connectivity index (χ0v) is 15.2. The highest BCUT2D eigenvalue weighted by Crippen LogP contribution is 2.20. The van der Waals surface area contributed by atoms with Crippen LogP contribution in [0.15, 0.2) is 48.5 Å². The summed E-state index contributed by atoms with van der Waals surface area (Å²) in [7, 11) is -3.30. The normalized spacial score (nSPS) is 13.9. The average Bonchev–Trinajstić information content (AvgIpc) is 2.52. The molecule has 0 radical (unpaired) electrons. The molecule has 0 fully saturated rings. The van der Waals surface area contributed by atoms with Crippen molar-refractivity contribution in [3.8, 4) is 5.75 Å². The van der Waals surface area contributed by atoms with E-state index in [0.29, 0.717) is 17.9 Å². The molecular formula is C18H24N2O4S. The van der Waals surface area contributed by atoms with Gasteiger partial charge >= 0.3 is 0 Å². The smallest absolute Gasteiger partial charge is 0.229 e. The lowest BCUT2D eigenvalue weighted by molar-refractivity contribution is 0.0939. The molecule has 0 heterocycles. The minimum absolute atomic E-state index is 0.158. The second-order valence-corrected chi connectivity index (χ2v) is 7.87. The first-order valence-electron chi connectivity index (χ1n) is 7.94. The maximum Gasteiger partial charge on any atom is 0.229 e. The van der Waals surface area contributed by atoms with Crippen LogP contribution in [-0.2, 0) is 10.0 Å². The fourth-order valence-corrected chi connectivity index (χ4v) is 2.97. The van der Waals surface area contributed by atoms with Crippen molar-refractivity contribution >= 4 is 15.7 Å². The van der Waals surface area contributed by atoms with Crippen molar-refractivity contribution in [3.63, 3.8) is 0 Å². The molecular weight excluding hydrogens is 340 g/mol. The molecule has 2 rings (SSSR count). The SMILES string of the molecule is Cc1cccc(OCC(O)CC(N)c2ccc(NS(C)(=O)=O)cc2)c1. The minimum Gasteiger partial charge on any atom is -0.491 e. The van der Waals surface area contributed by atoms with E-state index < -0.39 is 16.1 Å². The van der Waals surface area contributed by atoms with E-state index in [1.165, 1.54) is 0 Å². The van der Waals surface area contributed by atoms with Crippen LogP contribution in [0.25, 0.3) is 0 Å². The van der Waals surface area contributed by atoms with Crippen LogP contribution >= 0.6 is 0 Å². The fourth-order valence-electron chi connectivity index (χ4n) is 2.41. The number of aryl methyl sites for hydroxylation is 1. The van der Waals surface area contributed by atoms with Gasteiger partial charge in [0.2, 0.25) is 10.0 Å². The van der Waals surface area contributed by atoms with Crippen molar-refractivity contribution < 1.29 is 18.3 Å². The highest BCUT2D eigenvalue weighted by atomic mass is 32.2. The quantitative estimate of drug-likeness (QED) is 0.666. The Labute approximate surface area is 148 Å². The molecule has 0 bridgehead atoms. The second-order valence-electron chi connectivity index (χ2n) is 6.12. The number of hydrogen-bond donors (Lipinski definition) is 3. The molecule has 0 aliphatic heterocycles. The van der Waals surface area contributed by atoms with Gasteiger partial charge in [-0.1, -0.05) is 24.3 Å². The summed E-state index contributed by atoms with van der Waals surface area (Å²) < 4.78 is 30.4. The largest absolute Gasteiger partial charge is 0.491 e. The summed E-state index contributed by atoms with van der Waals surface area (Å²) in [5, 5.41) is 10.1. The topological polar surface area (TPSA) is 102 Å². The third kappa shape index (κ3) is 6.74. The Bertz CT molecular complexity index is 791. The van der Waals surface area contributed by atoms with Gasteiger partial charge in [0, 0.05) is 11.7 Å². The van der Waals surface area contributed by atoms with E-state index in [0.717, 1.165) is 17.4 Å². The highest BCUT2D eigenvalue weighted by molar-refractivity contribution is 7.92. The number of rotatable bonds is 8. The first kappa shape index (κ1) is 19.2. The van der Waals surface area contributed by atoms with Crippen LogP contribution in [0.5, 0.6) is 5.75 Å². The number of aliphatic hydroxyl groups excluding tert-OH is 1. The van der Waals surface area contributed by atoms with Crippen molar-refractivity contribution in [2.75, 3.05) is 17.6 Å². The monoisotopic (exact) mass is 364 g/mol. The predicted octanol–water partition coefficient (Wildman–Crippen LogP) is 2.20. The van der Waals surface area contributed by atoms with Gasteiger partial charge in [-0.15, -0.1) is 0 Å². The van der Waals surface area contributed by atoms with Crippen LogP contribution in [0.4, 0.5) is 5.69 Å². The zero-order valence-electron chi connectivity index (χ0n) is 14.3. The average molecular weight is 364 g/mol. The Hall–Kier alpha value is -2.09. The molecule has 7 heteroatoms. The molecule has 0 aliphatic carbocycles. The second kappa shape index (κ2) is 8.33. The van der Waals surface area contributed by atoms with Gasteiger partial charge in [0.1, 0.15) is 12.4 Å². The standard InChI is InChI=1S/C18H24N2O4S/c1-13-4-3-5-17(10-13)24-12-16(21)11-18(19)14-6-8-15(9-7-14)20-25(2,22)23/h3-10,16,18,20-21H,11-12,19H2,1-2H3. The maximum absolute atomic E-state index is 11.2. The Morgan fingerprint density at radius 3 is 2.48 bits per heavy atom. The Morgan fingerprint density at radius 1 is 1.20 bits per heavy atom. The van der Waals surface area contributed by atoms with E-state index >= 15 is 0 Å². The third-order valence-electron chi connectivity index (χ3n) is 3.60. The van der Waals surface area contributed by atoms with Gasteiger partial charge in [-0.3, -0.25) is 4.72 Å². The molecule has 2 atom stereocenters. The number of hydrogen-bond acceptors (Lipinski definition) is 5. The molecule has 2 aromatic carbocycles. The van der Waals surface area contributed by atoms with Gasteiger partial charge < -0.3 is 15.6 Å². The molecule has 136 valence electrons. The summed E-state index contributed by atoms with van der Waals surface area (Å²) in [5.41, 5.74) is 8.49. The number of nitrogens with two attached hydrogens (primary N) is 1. The van der Waals surface area contributed by atoms with E-state index in [-0.39, 0.29) is 12.6 Å². The van der Waals surface area contributed by atoms with Crippen molar-refractivity contribution in [1.29, 1.82) is 0 Å². The molecule has 4 N–H and O–H groups in total. The summed E-state index contributed by atoms with van der Waals surface area (Å²) in [5.74, 6) is 0.712. The van der Waals surface area contributed by atoms with Gasteiger partial charge in [0.25, 0.3) is 0 Å². The fraction of sp³-hybridized carbons (Fsp3) is 0.333. The number of sulfonamides is 1. The summed E-state index contributed by atoms with van der Waals surface area (Å²) in [6.07, 6.45) is 0.728. The number of aliphatic hydroxyl groups is 1. The number of nitrogens with one attached hydrogen (secondary N) is 1. The van der Waals surface area contributed by atoms with E-state index in [1.54, 1.807) is 24.3 Å². The van der Waals surface area contributed by atoms with Crippen molar-refractivity contribution in [2.45, 2.75) is 25.5 Å². The minimum atomic E-state index is -3.30. The molecule has 6 nitrogen and oxygen atoms in total. The van der Waals surface area contributed by atoms with Gasteiger partial charge in [-0.25, -0.2) is 8.42 Å². The van der Waals surface area contributed by atoms with Crippen molar-refractivity contribution in [1.82, 2.24) is 0 Å². The van der Waals surface area contributed by atoms with E-state index in [2.05, 4.69) is 4.72 Å². The molecule has 0 aliphatic rings. The summed E-state index contributed by atoms with van der Waals surface area (Å²) in [6, 6.07) is 14.0. The molecule has 2 aromatic rings. The lowest BCUT2D eigenvalue weighted by Crippen LogP contribution is -2.24. The number of benzene rings is 2. The summed E-state index contributed by atoms with van der Waals surface area (Å²) in [6.45, 7) is 2.13. The Morgan fingerprint density at radius 2 is 1.88 bits per heavy atom. The van der Waals surface area contributed by atoms with Crippen LogP contribution in [0.1, 0.15) is 23.6 Å². The van der Waals surface area contributed by atoms with Gasteiger partial charge in [0.15, 0.2) is 0 Å². The van der Waals surface area contributed by atoms with Crippen LogP contribution in [-0.4, -0.2) is 32.5 Å². The molecule has 0 saturated carbocycles. The van der Waals surface area contributed by atoms with Crippen LogP contribution < -0.4 is 15.2 Å². The first-order chi connectivity index (χ1) is 11.7. The van der Waals surface area contributed by atoms with E-state index in [9.17, 15) is 13.5 Å². The Balaban J connectivity index is 1.87.